The molecule has 4 nitrogen and oxygen atoms in total. The molecule has 18 heavy (non-hydrogen) atoms. The zero-order chi connectivity index (χ0) is 12.4. The van der Waals surface area contributed by atoms with E-state index in [9.17, 15) is 4.79 Å². The minimum atomic E-state index is 0.221. The average Bonchev–Trinajstić information content (AvgIpc) is 3.04. The fourth-order valence-electron chi connectivity index (χ4n) is 3.69. The summed E-state index contributed by atoms with van der Waals surface area (Å²) in [6, 6.07) is 0. The third-order valence-corrected chi connectivity index (χ3v) is 4.57. The Balaban J connectivity index is 1.37. The van der Waals surface area contributed by atoms with E-state index in [1.54, 1.807) is 6.20 Å². The lowest BCUT2D eigenvalue weighted by atomic mass is 9.86. The third kappa shape index (κ3) is 2.57. The van der Waals surface area contributed by atoms with Gasteiger partial charge in [0.15, 0.2) is 0 Å². The molecule has 2 N–H and O–H groups in total. The van der Waals surface area contributed by atoms with Gasteiger partial charge in [0.2, 0.25) is 5.91 Å². The van der Waals surface area contributed by atoms with E-state index in [1.165, 1.54) is 25.7 Å². The average molecular weight is 247 g/mol. The molecule has 2 bridgehead atoms. The molecule has 2 saturated carbocycles. The van der Waals surface area contributed by atoms with Crippen LogP contribution in [0.15, 0.2) is 12.4 Å². The highest BCUT2D eigenvalue weighted by atomic mass is 16.1. The molecule has 0 aromatic carbocycles. The summed E-state index contributed by atoms with van der Waals surface area (Å²) in [5.41, 5.74) is 0. The molecular weight excluding hydrogens is 226 g/mol. The van der Waals surface area contributed by atoms with Crippen molar-refractivity contribution in [3.8, 4) is 0 Å². The molecule has 98 valence electrons. The van der Waals surface area contributed by atoms with E-state index in [4.69, 9.17) is 0 Å². The maximum absolute atomic E-state index is 11.9. The van der Waals surface area contributed by atoms with Crippen molar-refractivity contribution in [1.29, 1.82) is 0 Å². The highest BCUT2D eigenvalue weighted by Crippen LogP contribution is 2.49. The number of aromatic amines is 1. The Kier molecular flexibility index (Phi) is 3.35. The van der Waals surface area contributed by atoms with Crippen LogP contribution in [0.5, 0.6) is 0 Å². The maximum atomic E-state index is 11.9. The van der Waals surface area contributed by atoms with E-state index in [0.29, 0.717) is 12.5 Å². The number of rotatable bonds is 5. The van der Waals surface area contributed by atoms with Gasteiger partial charge >= 0.3 is 0 Å². The van der Waals surface area contributed by atoms with E-state index >= 15 is 0 Å². The number of hydrogen-bond acceptors (Lipinski definition) is 2. The summed E-state index contributed by atoms with van der Waals surface area (Å²) in [7, 11) is 0. The minimum Gasteiger partial charge on any atom is -0.356 e. The Bertz CT molecular complexity index is 401. The van der Waals surface area contributed by atoms with Crippen molar-refractivity contribution in [2.75, 3.05) is 6.54 Å². The standard InChI is InChI=1S/C14H21N3O/c18-14(17-4-3-13-15-5-6-16-13)9-12-8-10-1-2-11(12)7-10/h5-6,10-12H,1-4,7-9H2,(H,15,16)(H,17,18). The van der Waals surface area contributed by atoms with Gasteiger partial charge in [0.1, 0.15) is 5.82 Å². The van der Waals surface area contributed by atoms with Gasteiger partial charge in [-0.05, 0) is 37.0 Å². The van der Waals surface area contributed by atoms with E-state index in [2.05, 4.69) is 15.3 Å². The lowest BCUT2D eigenvalue weighted by Crippen LogP contribution is -2.29. The predicted octanol–water partition coefficient (Wildman–Crippen LogP) is 1.89. The first kappa shape index (κ1) is 11.8. The van der Waals surface area contributed by atoms with Gasteiger partial charge in [0, 0.05) is 31.8 Å². The van der Waals surface area contributed by atoms with E-state index < -0.39 is 0 Å². The Morgan fingerprint density at radius 3 is 3.06 bits per heavy atom. The number of carbonyl (C=O) groups is 1. The molecule has 1 heterocycles. The summed E-state index contributed by atoms with van der Waals surface area (Å²) < 4.78 is 0. The minimum absolute atomic E-state index is 0.221. The lowest BCUT2D eigenvalue weighted by Gasteiger charge is -2.20. The number of imidazole rings is 1. The summed E-state index contributed by atoms with van der Waals surface area (Å²) in [5.74, 6) is 3.59. The Labute approximate surface area is 108 Å². The molecule has 3 atom stereocenters. The predicted molar refractivity (Wildman–Crippen MR) is 68.9 cm³/mol. The zero-order valence-corrected chi connectivity index (χ0v) is 10.7. The first-order chi connectivity index (χ1) is 8.81. The van der Waals surface area contributed by atoms with Gasteiger partial charge in [0.05, 0.1) is 0 Å². The molecule has 1 amide bonds. The normalized spacial score (nSPS) is 29.7. The van der Waals surface area contributed by atoms with Gasteiger partial charge in [-0.1, -0.05) is 6.42 Å². The summed E-state index contributed by atoms with van der Waals surface area (Å²) >= 11 is 0. The van der Waals surface area contributed by atoms with Crippen molar-refractivity contribution < 1.29 is 4.79 Å². The van der Waals surface area contributed by atoms with Gasteiger partial charge < -0.3 is 10.3 Å². The highest BCUT2D eigenvalue weighted by molar-refractivity contribution is 5.76. The van der Waals surface area contributed by atoms with Crippen molar-refractivity contribution in [2.45, 2.75) is 38.5 Å². The first-order valence-electron chi connectivity index (χ1n) is 7.06. The highest BCUT2D eigenvalue weighted by Gasteiger charge is 2.39. The first-order valence-corrected chi connectivity index (χ1v) is 7.06. The monoisotopic (exact) mass is 247 g/mol. The molecule has 1 aromatic rings. The van der Waals surface area contributed by atoms with Gasteiger partial charge in [-0.25, -0.2) is 4.98 Å². The van der Waals surface area contributed by atoms with E-state index in [0.717, 1.165) is 30.5 Å². The van der Waals surface area contributed by atoms with Crippen LogP contribution in [-0.4, -0.2) is 22.4 Å². The number of nitrogens with one attached hydrogen (secondary N) is 2. The second kappa shape index (κ2) is 5.12. The second-order valence-corrected chi connectivity index (χ2v) is 5.77. The number of H-pyrrole nitrogens is 1. The van der Waals surface area contributed by atoms with Gasteiger partial charge in [-0.2, -0.15) is 0 Å². The number of aromatic nitrogens is 2. The number of amides is 1. The van der Waals surface area contributed by atoms with E-state index in [1.807, 2.05) is 6.20 Å². The second-order valence-electron chi connectivity index (χ2n) is 5.77. The summed E-state index contributed by atoms with van der Waals surface area (Å²) in [4.78, 5) is 19.0. The van der Waals surface area contributed by atoms with Gasteiger partial charge in [0.25, 0.3) is 0 Å². The Hall–Kier alpha value is -1.32. The molecule has 3 unspecified atom stereocenters. The lowest BCUT2D eigenvalue weighted by molar-refractivity contribution is -0.122. The van der Waals surface area contributed by atoms with Crippen LogP contribution < -0.4 is 5.32 Å². The van der Waals surface area contributed by atoms with Crippen molar-refractivity contribution in [3.63, 3.8) is 0 Å². The SMILES string of the molecule is O=C(CC1CC2CCC1C2)NCCc1ncc[nH]1. The Morgan fingerprint density at radius 2 is 2.39 bits per heavy atom. The van der Waals surface area contributed by atoms with Crippen LogP contribution in [0, 0.1) is 17.8 Å². The fourth-order valence-corrected chi connectivity index (χ4v) is 3.69. The van der Waals surface area contributed by atoms with Crippen molar-refractivity contribution in [1.82, 2.24) is 15.3 Å². The van der Waals surface area contributed by atoms with Crippen molar-refractivity contribution in [2.24, 2.45) is 17.8 Å². The molecule has 3 rings (SSSR count). The quantitative estimate of drug-likeness (QED) is 0.835. The van der Waals surface area contributed by atoms with Gasteiger partial charge in [-0.3, -0.25) is 4.79 Å². The Morgan fingerprint density at radius 1 is 1.44 bits per heavy atom. The number of nitrogens with zero attached hydrogens (tertiary/aromatic N) is 1. The van der Waals surface area contributed by atoms with Crippen LogP contribution in [0.25, 0.3) is 0 Å². The number of fused-ring (bicyclic) bond motifs is 2. The van der Waals surface area contributed by atoms with Crippen LogP contribution in [0.4, 0.5) is 0 Å². The molecule has 0 spiro atoms. The third-order valence-electron chi connectivity index (χ3n) is 4.57. The largest absolute Gasteiger partial charge is 0.356 e. The number of carbonyl (C=O) groups excluding carboxylic acids is 1. The molecule has 0 radical (unpaired) electrons. The molecule has 2 aliphatic carbocycles. The summed E-state index contributed by atoms with van der Waals surface area (Å²) in [6.07, 6.45) is 10.5. The maximum Gasteiger partial charge on any atom is 0.220 e. The molecule has 1 aromatic heterocycles. The fraction of sp³-hybridized carbons (Fsp3) is 0.714. The summed E-state index contributed by atoms with van der Waals surface area (Å²) in [6.45, 7) is 0.688. The van der Waals surface area contributed by atoms with Gasteiger partial charge in [-0.15, -0.1) is 0 Å². The summed E-state index contributed by atoms with van der Waals surface area (Å²) in [5, 5.41) is 3.01. The molecule has 2 aliphatic rings. The molecule has 2 fully saturated rings. The topological polar surface area (TPSA) is 57.8 Å². The molecular formula is C14H21N3O. The smallest absolute Gasteiger partial charge is 0.220 e. The van der Waals surface area contributed by atoms with Crippen molar-refractivity contribution in [3.05, 3.63) is 18.2 Å². The molecule has 0 aliphatic heterocycles. The molecule has 4 heteroatoms. The van der Waals surface area contributed by atoms with Crippen LogP contribution in [0.2, 0.25) is 0 Å². The molecule has 0 saturated heterocycles. The van der Waals surface area contributed by atoms with Crippen LogP contribution in [0.1, 0.15) is 37.9 Å². The van der Waals surface area contributed by atoms with Crippen LogP contribution in [-0.2, 0) is 11.2 Å². The van der Waals surface area contributed by atoms with Crippen molar-refractivity contribution >= 4 is 5.91 Å². The zero-order valence-electron chi connectivity index (χ0n) is 10.7. The van der Waals surface area contributed by atoms with Crippen LogP contribution in [0.3, 0.4) is 0 Å². The van der Waals surface area contributed by atoms with E-state index in [-0.39, 0.29) is 5.91 Å². The number of hydrogen-bond donors (Lipinski definition) is 2. The van der Waals surface area contributed by atoms with Crippen LogP contribution >= 0.6 is 0 Å².